The number of nitrogens with two attached hydrogens (primary N) is 1. The van der Waals surface area contributed by atoms with Gasteiger partial charge in [-0.15, -0.1) is 0 Å². The monoisotopic (exact) mass is 820 g/mol. The van der Waals surface area contributed by atoms with Crippen LogP contribution in [0.3, 0.4) is 0 Å². The Labute approximate surface area is 343 Å². The third kappa shape index (κ3) is 39.3. The third-order valence-corrected chi connectivity index (χ3v) is 9.40. The van der Waals surface area contributed by atoms with Crippen molar-refractivity contribution in [2.45, 2.75) is 161 Å². The zero-order valence-corrected chi connectivity index (χ0v) is 35.8. The summed E-state index contributed by atoms with van der Waals surface area (Å²) in [5.41, 5.74) is 5.32. The molecule has 0 rings (SSSR count). The molecule has 0 heterocycles. The summed E-state index contributed by atoms with van der Waals surface area (Å²) in [5.74, 6) is -2.43. The maximum absolute atomic E-state index is 12.6. The molecule has 0 aliphatic carbocycles. The average molecular weight is 820 g/mol. The number of rotatable bonds is 38. The molecule has 2 unspecified atom stereocenters. The van der Waals surface area contributed by atoms with Crippen molar-refractivity contribution in [3.8, 4) is 0 Å². The first-order valence-corrected chi connectivity index (χ1v) is 22.6. The lowest BCUT2D eigenvalue weighted by atomic mass is 10.1. The van der Waals surface area contributed by atoms with E-state index in [1.807, 2.05) is 24.3 Å². The van der Waals surface area contributed by atoms with E-state index in [9.17, 15) is 23.8 Å². The molecule has 0 bridgehead atoms. The van der Waals surface area contributed by atoms with Crippen molar-refractivity contribution in [1.29, 1.82) is 0 Å². The first-order valence-electron chi connectivity index (χ1n) is 21.1. The van der Waals surface area contributed by atoms with Crippen molar-refractivity contribution in [2.75, 3.05) is 19.8 Å². The molecule has 12 heteroatoms. The highest BCUT2D eigenvalue weighted by molar-refractivity contribution is 7.47. The summed E-state index contributed by atoms with van der Waals surface area (Å²) >= 11 is 0. The zero-order valence-electron chi connectivity index (χ0n) is 34.9. The van der Waals surface area contributed by atoms with Crippen LogP contribution in [0.2, 0.25) is 0 Å². The second-order valence-electron chi connectivity index (χ2n) is 13.8. The molecule has 0 saturated heterocycles. The smallest absolute Gasteiger partial charge is 0.472 e. The molecule has 0 radical (unpaired) electrons. The van der Waals surface area contributed by atoms with Crippen LogP contribution in [0.25, 0.3) is 0 Å². The number of hydrogen-bond donors (Lipinski definition) is 3. The van der Waals surface area contributed by atoms with Gasteiger partial charge in [0.2, 0.25) is 0 Å². The van der Waals surface area contributed by atoms with Gasteiger partial charge >= 0.3 is 25.7 Å². The highest BCUT2D eigenvalue weighted by Crippen LogP contribution is 2.43. The minimum Gasteiger partial charge on any atom is -0.480 e. The molecule has 324 valence electrons. The topological polar surface area (TPSA) is 172 Å². The van der Waals surface area contributed by atoms with Gasteiger partial charge in [-0.1, -0.05) is 150 Å². The predicted octanol–water partition coefficient (Wildman–Crippen LogP) is 11.1. The number of phosphoric acid groups is 1. The van der Waals surface area contributed by atoms with Crippen LogP contribution in [-0.2, 0) is 37.5 Å². The number of carboxylic acids is 1. The number of phosphoric ester groups is 1. The Hall–Kier alpha value is -3.34. The molecule has 3 atom stereocenters. The third-order valence-electron chi connectivity index (χ3n) is 8.45. The number of unbranched alkanes of at least 4 members (excludes halogenated alkanes) is 12. The fourth-order valence-electron chi connectivity index (χ4n) is 5.17. The number of ether oxygens (including phenoxy) is 2. The molecule has 0 fully saturated rings. The van der Waals surface area contributed by atoms with Crippen molar-refractivity contribution < 1.29 is 47.5 Å². The second-order valence-corrected chi connectivity index (χ2v) is 15.2. The minimum atomic E-state index is -4.73. The highest BCUT2D eigenvalue weighted by Gasteiger charge is 2.28. The van der Waals surface area contributed by atoms with Gasteiger partial charge < -0.3 is 25.2 Å². The first kappa shape index (κ1) is 53.7. The molecule has 11 nitrogen and oxygen atoms in total. The molecule has 0 saturated carbocycles. The number of carbonyl (C=O) groups is 3. The van der Waals surface area contributed by atoms with E-state index in [2.05, 4.69) is 79.1 Å². The summed E-state index contributed by atoms with van der Waals surface area (Å²) < 4.78 is 32.6. The Morgan fingerprint density at radius 3 is 1.58 bits per heavy atom. The fourth-order valence-corrected chi connectivity index (χ4v) is 5.95. The second kappa shape index (κ2) is 39.5. The van der Waals surface area contributed by atoms with E-state index >= 15 is 0 Å². The lowest BCUT2D eigenvalue weighted by molar-refractivity contribution is -0.161. The first-order chi connectivity index (χ1) is 27.6. The molecular weight excluding hydrogens is 745 g/mol. The molecule has 0 amide bonds. The van der Waals surface area contributed by atoms with Crippen LogP contribution >= 0.6 is 7.82 Å². The number of carboxylic acid groups (broad SMARTS) is 1. The van der Waals surface area contributed by atoms with E-state index in [4.69, 9.17) is 24.8 Å². The predicted molar refractivity (Wildman–Crippen MR) is 230 cm³/mol. The number of allylic oxidation sites excluding steroid dienone is 14. The largest absolute Gasteiger partial charge is 0.480 e. The van der Waals surface area contributed by atoms with Gasteiger partial charge in [-0.05, 0) is 70.6 Å². The van der Waals surface area contributed by atoms with E-state index in [0.717, 1.165) is 103 Å². The quantitative estimate of drug-likeness (QED) is 0.0178. The van der Waals surface area contributed by atoms with Crippen molar-refractivity contribution >= 4 is 25.7 Å². The van der Waals surface area contributed by atoms with Gasteiger partial charge in [0, 0.05) is 12.8 Å². The van der Waals surface area contributed by atoms with E-state index in [0.29, 0.717) is 12.8 Å². The summed E-state index contributed by atoms with van der Waals surface area (Å²) in [6.07, 6.45) is 47.9. The molecule has 0 spiro atoms. The van der Waals surface area contributed by atoms with Crippen LogP contribution in [0.4, 0.5) is 0 Å². The summed E-state index contributed by atoms with van der Waals surface area (Å²) in [6, 6.07) is -1.53. The van der Waals surface area contributed by atoms with Crippen molar-refractivity contribution in [1.82, 2.24) is 0 Å². The normalized spacial score (nSPS) is 14.6. The summed E-state index contributed by atoms with van der Waals surface area (Å²) in [4.78, 5) is 45.9. The van der Waals surface area contributed by atoms with Gasteiger partial charge in [0.1, 0.15) is 12.6 Å². The molecule has 0 aliphatic rings. The van der Waals surface area contributed by atoms with E-state index < -0.39 is 51.1 Å². The lowest BCUT2D eigenvalue weighted by Crippen LogP contribution is -2.34. The van der Waals surface area contributed by atoms with Crippen molar-refractivity contribution in [3.63, 3.8) is 0 Å². The average Bonchev–Trinajstić information content (AvgIpc) is 3.19. The Kier molecular flexibility index (Phi) is 37.2. The molecule has 0 aromatic heterocycles. The van der Waals surface area contributed by atoms with Crippen molar-refractivity contribution in [2.24, 2.45) is 5.73 Å². The van der Waals surface area contributed by atoms with E-state index in [1.54, 1.807) is 0 Å². The van der Waals surface area contributed by atoms with Gasteiger partial charge in [-0.25, -0.2) is 4.57 Å². The highest BCUT2D eigenvalue weighted by atomic mass is 31.2. The molecule has 0 aliphatic heterocycles. The van der Waals surface area contributed by atoms with Gasteiger partial charge in [-0.3, -0.25) is 23.4 Å². The van der Waals surface area contributed by atoms with Crippen LogP contribution in [-0.4, -0.2) is 59.9 Å². The zero-order chi connectivity index (χ0) is 42.1. The van der Waals surface area contributed by atoms with Crippen LogP contribution in [0.15, 0.2) is 85.1 Å². The van der Waals surface area contributed by atoms with Crippen LogP contribution in [0, 0.1) is 0 Å². The van der Waals surface area contributed by atoms with Crippen LogP contribution in [0.5, 0.6) is 0 Å². The lowest BCUT2D eigenvalue weighted by Gasteiger charge is -2.20. The van der Waals surface area contributed by atoms with Gasteiger partial charge in [0.25, 0.3) is 0 Å². The van der Waals surface area contributed by atoms with E-state index in [1.165, 1.54) is 6.42 Å². The Morgan fingerprint density at radius 2 is 1.02 bits per heavy atom. The Balaban J connectivity index is 4.39. The SMILES string of the molecule is CC/C=C/C=C/C=C/CCCCCCCC(=O)OC(COC(=O)CCCCCCCCC/C=C/C/C=C/C/C=C/C/C=C/CC)COP(=O)(O)OC[C@@H](N)C(=O)O. The standard InChI is InChI=1S/C45H74NO10P/c1-3-5-7-9-11-13-15-17-18-19-20-21-22-23-25-26-28-30-32-34-36-43(47)53-38-41(39-54-57(51,52)55-40-42(46)45(49)50)56-44(48)37-35-33-31-29-27-24-16-14-12-10-8-6-4-2/h5-8,10-14,16-18,20-21,41-42H,3-4,9,15,19,22-40,46H2,1-2H3,(H,49,50)(H,51,52)/b7-5+,8-6+,12-10+,13-11+,16-14+,18-17+,21-20+/t41?,42-/m1/s1. The van der Waals surface area contributed by atoms with Gasteiger partial charge in [-0.2, -0.15) is 0 Å². The fraction of sp³-hybridized carbons (Fsp3) is 0.622. The number of esters is 2. The van der Waals surface area contributed by atoms with Gasteiger partial charge in [0.15, 0.2) is 6.10 Å². The Morgan fingerprint density at radius 1 is 0.561 bits per heavy atom. The molecule has 0 aromatic rings. The van der Waals surface area contributed by atoms with Crippen LogP contribution in [0.1, 0.15) is 149 Å². The maximum atomic E-state index is 12.6. The number of carbonyl (C=O) groups excluding carboxylic acids is 2. The Bertz CT molecular complexity index is 1290. The maximum Gasteiger partial charge on any atom is 0.472 e. The summed E-state index contributed by atoms with van der Waals surface area (Å²) in [7, 11) is -4.73. The number of hydrogen-bond acceptors (Lipinski definition) is 9. The van der Waals surface area contributed by atoms with Crippen LogP contribution < -0.4 is 5.73 Å². The number of aliphatic carboxylic acids is 1. The van der Waals surface area contributed by atoms with Crippen molar-refractivity contribution in [3.05, 3.63) is 85.1 Å². The molecular formula is C45H74NO10P. The summed E-state index contributed by atoms with van der Waals surface area (Å²) in [6.45, 7) is 2.50. The molecule has 4 N–H and O–H groups in total. The molecule has 57 heavy (non-hydrogen) atoms. The van der Waals surface area contributed by atoms with Gasteiger partial charge in [0.05, 0.1) is 13.2 Å². The minimum absolute atomic E-state index is 0.131. The summed E-state index contributed by atoms with van der Waals surface area (Å²) in [5, 5.41) is 8.88. The molecule has 0 aromatic carbocycles. The van der Waals surface area contributed by atoms with E-state index in [-0.39, 0.29) is 19.4 Å².